The van der Waals surface area contributed by atoms with Gasteiger partial charge in [-0.25, -0.2) is 0 Å². The zero-order chi connectivity index (χ0) is 25.2. The van der Waals surface area contributed by atoms with Gasteiger partial charge in [-0.05, 0) is 73.6 Å². The molecule has 2 aromatic carbocycles. The number of rotatable bonds is 12. The molecule has 2 fully saturated rings. The summed E-state index contributed by atoms with van der Waals surface area (Å²) in [5.41, 5.74) is 10.3. The maximum Gasteiger partial charge on any atom is 0.00617 e. The van der Waals surface area contributed by atoms with Gasteiger partial charge in [0.05, 0.1) is 0 Å². The molecule has 196 valence electrons. The van der Waals surface area contributed by atoms with Gasteiger partial charge in [-0.2, -0.15) is 0 Å². The van der Waals surface area contributed by atoms with Crippen LogP contribution in [0, 0.1) is 25.7 Å². The Morgan fingerprint density at radius 2 is 0.944 bits per heavy atom. The first-order valence-electron chi connectivity index (χ1n) is 15.8. The van der Waals surface area contributed by atoms with Crippen LogP contribution in [0.1, 0.15) is 139 Å². The minimum Gasteiger partial charge on any atom is -0.0654 e. The fourth-order valence-electron chi connectivity index (χ4n) is 9.08. The molecule has 0 atom stereocenters. The van der Waals surface area contributed by atoms with E-state index in [2.05, 4.69) is 64.1 Å². The lowest BCUT2D eigenvalue weighted by Gasteiger charge is -2.48. The molecular weight excluding hydrogens is 432 g/mol. The molecule has 0 aliphatic heterocycles. The minimum absolute atomic E-state index is 0.372. The first-order valence-corrected chi connectivity index (χ1v) is 15.8. The molecule has 3 aliphatic rings. The highest BCUT2D eigenvalue weighted by atomic mass is 14.7. The van der Waals surface area contributed by atoms with Crippen molar-refractivity contribution in [1.29, 1.82) is 0 Å². The first-order chi connectivity index (χ1) is 17.5. The molecular formula is C36H52. The van der Waals surface area contributed by atoms with Crippen molar-refractivity contribution in [2.24, 2.45) is 11.8 Å². The van der Waals surface area contributed by atoms with Crippen LogP contribution in [0.25, 0.3) is 11.1 Å². The summed E-state index contributed by atoms with van der Waals surface area (Å²) >= 11 is 0. The van der Waals surface area contributed by atoms with Gasteiger partial charge in [-0.1, -0.05) is 138 Å². The number of hydrogen-bond donors (Lipinski definition) is 0. The van der Waals surface area contributed by atoms with Crippen LogP contribution in [0.3, 0.4) is 0 Å². The zero-order valence-electron chi connectivity index (χ0n) is 23.9. The van der Waals surface area contributed by atoms with Crippen molar-refractivity contribution >= 4 is 0 Å². The average Bonchev–Trinajstić information content (AvgIpc) is 3.35. The molecule has 0 bridgehead atoms. The summed E-state index contributed by atoms with van der Waals surface area (Å²) in [6.45, 7) is 9.31. The molecule has 0 amide bonds. The van der Waals surface area contributed by atoms with Gasteiger partial charge in [0.1, 0.15) is 0 Å². The predicted octanol–water partition coefficient (Wildman–Crippen LogP) is 11.0. The summed E-state index contributed by atoms with van der Waals surface area (Å²) < 4.78 is 0. The van der Waals surface area contributed by atoms with E-state index in [9.17, 15) is 0 Å². The Morgan fingerprint density at radius 3 is 1.33 bits per heavy atom. The van der Waals surface area contributed by atoms with E-state index in [1.165, 1.54) is 114 Å². The third-order valence-corrected chi connectivity index (χ3v) is 10.6. The second kappa shape index (κ2) is 11.0. The van der Waals surface area contributed by atoms with Crippen LogP contribution in [0.2, 0.25) is 0 Å². The van der Waals surface area contributed by atoms with Crippen LogP contribution in [-0.4, -0.2) is 0 Å². The number of fused-ring (bicyclic) bond motifs is 3. The highest BCUT2D eigenvalue weighted by molar-refractivity contribution is 5.79. The Labute approximate surface area is 222 Å². The Hall–Kier alpha value is -1.56. The van der Waals surface area contributed by atoms with Crippen molar-refractivity contribution in [3.05, 3.63) is 58.7 Å². The lowest BCUT2D eigenvalue weighted by atomic mass is 9.55. The highest BCUT2D eigenvalue weighted by Crippen LogP contribution is 2.72. The molecule has 0 spiro atoms. The van der Waals surface area contributed by atoms with Crippen molar-refractivity contribution in [3.63, 3.8) is 0 Å². The molecule has 0 aromatic heterocycles. The predicted molar refractivity (Wildman–Crippen MR) is 157 cm³/mol. The maximum atomic E-state index is 2.63. The number of benzene rings is 2. The van der Waals surface area contributed by atoms with Gasteiger partial charge in [0.2, 0.25) is 0 Å². The molecule has 2 saturated carbocycles. The number of unbranched alkanes of at least 4 members (excludes halogenated alkanes) is 8. The molecule has 0 radical (unpaired) electrons. The topological polar surface area (TPSA) is 0 Å². The Kier molecular flexibility index (Phi) is 8.00. The number of aryl methyl sites for hydroxylation is 2. The van der Waals surface area contributed by atoms with Crippen LogP contribution in [-0.2, 0) is 10.8 Å². The first kappa shape index (κ1) is 26.1. The SMILES string of the molecule is CCCCCCCC1CC23CC(CCCCCCC)CC2(C1)c1cc(C)ccc1-c1ccc(C)cc13. The van der Waals surface area contributed by atoms with E-state index in [1.807, 2.05) is 0 Å². The largest absolute Gasteiger partial charge is 0.0654 e. The van der Waals surface area contributed by atoms with Crippen LogP contribution in [0.5, 0.6) is 0 Å². The molecule has 0 saturated heterocycles. The van der Waals surface area contributed by atoms with Crippen molar-refractivity contribution in [2.45, 2.75) is 141 Å². The van der Waals surface area contributed by atoms with Gasteiger partial charge in [-0.15, -0.1) is 0 Å². The van der Waals surface area contributed by atoms with Crippen molar-refractivity contribution < 1.29 is 0 Å². The van der Waals surface area contributed by atoms with E-state index < -0.39 is 0 Å². The Balaban J connectivity index is 1.49. The van der Waals surface area contributed by atoms with Crippen molar-refractivity contribution in [2.75, 3.05) is 0 Å². The Morgan fingerprint density at radius 1 is 0.556 bits per heavy atom. The molecule has 2 aromatic rings. The molecule has 0 unspecified atom stereocenters. The van der Waals surface area contributed by atoms with E-state index in [-0.39, 0.29) is 0 Å². The standard InChI is InChI=1S/C36H52/c1-5-7-9-11-13-15-29-23-35-25-30(16-14-12-10-8-6-2)26-36(35,24-29)34-22-28(4)18-20-32(34)31-19-17-27(3)21-33(31)35/h17-22,29-30H,5-16,23-26H2,1-4H3. The summed E-state index contributed by atoms with van der Waals surface area (Å²) in [5.74, 6) is 1.80. The third kappa shape index (κ3) is 4.61. The van der Waals surface area contributed by atoms with Gasteiger partial charge in [0.25, 0.3) is 0 Å². The van der Waals surface area contributed by atoms with Gasteiger partial charge < -0.3 is 0 Å². The summed E-state index contributed by atoms with van der Waals surface area (Å²) in [6, 6.07) is 14.9. The summed E-state index contributed by atoms with van der Waals surface area (Å²) in [7, 11) is 0. The fraction of sp³-hybridized carbons (Fsp3) is 0.667. The lowest BCUT2D eigenvalue weighted by molar-refractivity contribution is 0.299. The van der Waals surface area contributed by atoms with E-state index in [0.717, 1.165) is 11.8 Å². The summed E-state index contributed by atoms with van der Waals surface area (Å²) in [6.07, 6.45) is 22.8. The molecule has 0 heterocycles. The van der Waals surface area contributed by atoms with Crippen molar-refractivity contribution in [3.8, 4) is 11.1 Å². The second-order valence-electron chi connectivity index (χ2n) is 13.2. The monoisotopic (exact) mass is 484 g/mol. The van der Waals surface area contributed by atoms with Crippen LogP contribution in [0.4, 0.5) is 0 Å². The molecule has 5 rings (SSSR count). The van der Waals surface area contributed by atoms with E-state index in [0.29, 0.717) is 10.8 Å². The molecule has 0 heteroatoms. The number of hydrogen-bond acceptors (Lipinski definition) is 0. The third-order valence-electron chi connectivity index (χ3n) is 10.6. The second-order valence-corrected chi connectivity index (χ2v) is 13.2. The van der Waals surface area contributed by atoms with Gasteiger partial charge in [0, 0.05) is 10.8 Å². The van der Waals surface area contributed by atoms with E-state index in [4.69, 9.17) is 0 Å². The van der Waals surface area contributed by atoms with E-state index in [1.54, 1.807) is 22.3 Å². The molecule has 36 heavy (non-hydrogen) atoms. The quantitative estimate of drug-likeness (QED) is 0.263. The molecule has 0 N–H and O–H groups in total. The molecule has 3 aliphatic carbocycles. The maximum absolute atomic E-state index is 2.63. The van der Waals surface area contributed by atoms with Gasteiger partial charge in [0.15, 0.2) is 0 Å². The normalized spacial score (nSPS) is 28.0. The minimum atomic E-state index is 0.372. The van der Waals surface area contributed by atoms with Gasteiger partial charge in [-0.3, -0.25) is 0 Å². The van der Waals surface area contributed by atoms with Gasteiger partial charge >= 0.3 is 0 Å². The van der Waals surface area contributed by atoms with E-state index >= 15 is 0 Å². The van der Waals surface area contributed by atoms with Crippen LogP contribution in [0.15, 0.2) is 36.4 Å². The lowest BCUT2D eigenvalue weighted by Crippen LogP contribution is -2.43. The summed E-state index contributed by atoms with van der Waals surface area (Å²) in [4.78, 5) is 0. The molecule has 0 nitrogen and oxygen atoms in total. The Bertz CT molecular complexity index is 931. The zero-order valence-corrected chi connectivity index (χ0v) is 23.9. The highest BCUT2D eigenvalue weighted by Gasteiger charge is 2.66. The van der Waals surface area contributed by atoms with Crippen LogP contribution >= 0.6 is 0 Å². The summed E-state index contributed by atoms with van der Waals surface area (Å²) in [5, 5.41) is 0. The average molecular weight is 485 g/mol. The van der Waals surface area contributed by atoms with Crippen molar-refractivity contribution in [1.82, 2.24) is 0 Å². The van der Waals surface area contributed by atoms with Crippen LogP contribution < -0.4 is 0 Å². The fourth-order valence-corrected chi connectivity index (χ4v) is 9.08. The smallest absolute Gasteiger partial charge is 0.00617 e.